The van der Waals surface area contributed by atoms with E-state index in [2.05, 4.69) is 0 Å². The molecule has 1 fully saturated rings. The van der Waals surface area contributed by atoms with Crippen LogP contribution in [0.3, 0.4) is 0 Å². The van der Waals surface area contributed by atoms with Crippen LogP contribution in [0.25, 0.3) is 0 Å². The molecule has 4 nitrogen and oxygen atoms in total. The van der Waals surface area contributed by atoms with Gasteiger partial charge < -0.3 is 10.0 Å². The fourth-order valence-electron chi connectivity index (χ4n) is 2.40. The van der Waals surface area contributed by atoms with Gasteiger partial charge in [0.25, 0.3) is 0 Å². The molecule has 2 atom stereocenters. The van der Waals surface area contributed by atoms with E-state index in [9.17, 15) is 9.59 Å². The van der Waals surface area contributed by atoms with Crippen LogP contribution in [0.5, 0.6) is 0 Å². The number of hydrogen-bond donors (Lipinski definition) is 1. The number of piperidine rings is 1. The van der Waals surface area contributed by atoms with Gasteiger partial charge in [0.1, 0.15) is 0 Å². The fraction of sp³-hybridized carbons (Fsp3) is 0.467. The van der Waals surface area contributed by atoms with Gasteiger partial charge in [-0.05, 0) is 44.0 Å². The van der Waals surface area contributed by atoms with Crippen molar-refractivity contribution in [1.82, 2.24) is 4.90 Å². The van der Waals surface area contributed by atoms with Gasteiger partial charge in [-0.3, -0.25) is 9.59 Å². The molecule has 1 unspecified atom stereocenters. The smallest absolute Gasteiger partial charge is 0.308 e. The number of rotatable bonds is 4. The van der Waals surface area contributed by atoms with Crippen LogP contribution in [0.4, 0.5) is 0 Å². The highest BCUT2D eigenvalue weighted by Gasteiger charge is 2.30. The molecule has 1 aliphatic rings. The number of carbonyl (C=O) groups excluding carboxylic acids is 1. The van der Waals surface area contributed by atoms with E-state index < -0.39 is 11.9 Å². The summed E-state index contributed by atoms with van der Waals surface area (Å²) >= 11 is 7.30. The minimum atomic E-state index is -0.814. The average molecular weight is 328 g/mol. The zero-order valence-corrected chi connectivity index (χ0v) is 13.4. The molecule has 0 spiro atoms. The second-order valence-electron chi connectivity index (χ2n) is 5.18. The minimum Gasteiger partial charge on any atom is -0.481 e. The number of benzene rings is 1. The van der Waals surface area contributed by atoms with Gasteiger partial charge in [0.05, 0.1) is 11.2 Å². The zero-order chi connectivity index (χ0) is 15.4. The van der Waals surface area contributed by atoms with Crippen LogP contribution in [0, 0.1) is 5.92 Å². The number of amides is 1. The molecular weight excluding hydrogens is 310 g/mol. The monoisotopic (exact) mass is 327 g/mol. The first-order chi connectivity index (χ1) is 9.97. The molecule has 2 rings (SSSR count). The van der Waals surface area contributed by atoms with E-state index >= 15 is 0 Å². The Labute approximate surface area is 133 Å². The summed E-state index contributed by atoms with van der Waals surface area (Å²) in [4.78, 5) is 26.1. The highest BCUT2D eigenvalue weighted by Crippen LogP contribution is 2.27. The molecule has 1 saturated heterocycles. The Bertz CT molecular complexity index is 520. The predicted molar refractivity (Wildman–Crippen MR) is 83.7 cm³/mol. The van der Waals surface area contributed by atoms with Crippen molar-refractivity contribution in [2.75, 3.05) is 13.1 Å². The Morgan fingerprint density at radius 1 is 1.38 bits per heavy atom. The molecule has 0 radical (unpaired) electrons. The summed E-state index contributed by atoms with van der Waals surface area (Å²) in [6, 6.07) is 7.35. The lowest BCUT2D eigenvalue weighted by molar-refractivity contribution is -0.145. The normalized spacial score (nSPS) is 20.1. The molecular formula is C15H18ClNO3S. The summed E-state index contributed by atoms with van der Waals surface area (Å²) in [5.74, 6) is -1.25. The Balaban J connectivity index is 1.95. The van der Waals surface area contributed by atoms with Crippen LogP contribution in [0.1, 0.15) is 19.8 Å². The van der Waals surface area contributed by atoms with E-state index in [-0.39, 0.29) is 11.2 Å². The second kappa shape index (κ2) is 7.18. The molecule has 6 heteroatoms. The SMILES string of the molecule is CC(Sc1ccc(Cl)cc1)C(=O)N1CCC[C@H](C(=O)O)C1. The van der Waals surface area contributed by atoms with Gasteiger partial charge >= 0.3 is 5.97 Å². The van der Waals surface area contributed by atoms with E-state index in [4.69, 9.17) is 16.7 Å². The third-order valence-electron chi connectivity index (χ3n) is 3.56. The van der Waals surface area contributed by atoms with Crippen LogP contribution in [-0.2, 0) is 9.59 Å². The Morgan fingerprint density at radius 2 is 2.05 bits per heavy atom. The maximum atomic E-state index is 12.4. The van der Waals surface area contributed by atoms with Crippen LogP contribution in [0.2, 0.25) is 5.02 Å². The average Bonchev–Trinajstić information content (AvgIpc) is 2.49. The number of likely N-dealkylation sites (tertiary alicyclic amines) is 1. The fourth-order valence-corrected chi connectivity index (χ4v) is 3.48. The number of nitrogens with zero attached hydrogens (tertiary/aromatic N) is 1. The summed E-state index contributed by atoms with van der Waals surface area (Å²) in [7, 11) is 0. The molecule has 0 bridgehead atoms. The van der Waals surface area contributed by atoms with Crippen molar-refractivity contribution in [3.8, 4) is 0 Å². The number of carbonyl (C=O) groups is 2. The van der Waals surface area contributed by atoms with Gasteiger partial charge in [0, 0.05) is 23.0 Å². The second-order valence-corrected chi connectivity index (χ2v) is 7.03. The molecule has 114 valence electrons. The lowest BCUT2D eigenvalue weighted by Gasteiger charge is -2.32. The maximum absolute atomic E-state index is 12.4. The standard InChI is InChI=1S/C15H18ClNO3S/c1-10(21-13-6-4-12(16)5-7-13)14(18)17-8-2-3-11(9-17)15(19)20/h4-7,10-11H,2-3,8-9H2,1H3,(H,19,20)/t10?,11-/m0/s1. The van der Waals surface area contributed by atoms with Crippen molar-refractivity contribution in [2.45, 2.75) is 29.9 Å². The maximum Gasteiger partial charge on any atom is 0.308 e. The van der Waals surface area contributed by atoms with Crippen molar-refractivity contribution in [1.29, 1.82) is 0 Å². The van der Waals surface area contributed by atoms with Crippen LogP contribution in [-0.4, -0.2) is 40.2 Å². The molecule has 0 aliphatic carbocycles. The minimum absolute atomic E-state index is 0.000833. The lowest BCUT2D eigenvalue weighted by Crippen LogP contribution is -2.45. The molecule has 1 heterocycles. The van der Waals surface area contributed by atoms with Gasteiger partial charge in [0.2, 0.25) is 5.91 Å². The Kier molecular flexibility index (Phi) is 5.53. The predicted octanol–water partition coefficient (Wildman–Crippen LogP) is 3.14. The number of halogens is 1. The highest BCUT2D eigenvalue weighted by molar-refractivity contribution is 8.00. The number of carboxylic acids is 1. The molecule has 21 heavy (non-hydrogen) atoms. The number of hydrogen-bond acceptors (Lipinski definition) is 3. The van der Waals surface area contributed by atoms with Crippen LogP contribution in [0.15, 0.2) is 29.2 Å². The van der Waals surface area contributed by atoms with Crippen molar-refractivity contribution in [3.63, 3.8) is 0 Å². The summed E-state index contributed by atoms with van der Waals surface area (Å²) < 4.78 is 0. The molecule has 0 aromatic heterocycles. The van der Waals surface area contributed by atoms with Gasteiger partial charge in [-0.25, -0.2) is 0 Å². The number of thioether (sulfide) groups is 1. The first-order valence-electron chi connectivity index (χ1n) is 6.91. The molecule has 0 saturated carbocycles. The van der Waals surface area contributed by atoms with Gasteiger partial charge in [-0.2, -0.15) is 0 Å². The molecule has 1 N–H and O–H groups in total. The van der Waals surface area contributed by atoms with Gasteiger partial charge in [0.15, 0.2) is 0 Å². The van der Waals surface area contributed by atoms with Crippen LogP contribution < -0.4 is 0 Å². The van der Waals surface area contributed by atoms with Crippen LogP contribution >= 0.6 is 23.4 Å². The summed E-state index contributed by atoms with van der Waals surface area (Å²) in [6.07, 6.45) is 1.40. The molecule has 1 aromatic carbocycles. The van der Waals surface area contributed by atoms with Gasteiger partial charge in [-0.15, -0.1) is 11.8 Å². The molecule has 1 amide bonds. The number of aliphatic carboxylic acids is 1. The van der Waals surface area contributed by atoms with Crippen molar-refractivity contribution >= 4 is 35.2 Å². The quantitative estimate of drug-likeness (QED) is 0.863. The Hall–Kier alpha value is -1.20. The third-order valence-corrected chi connectivity index (χ3v) is 4.91. The summed E-state index contributed by atoms with van der Waals surface area (Å²) in [6.45, 7) is 2.82. The van der Waals surface area contributed by atoms with Gasteiger partial charge in [-0.1, -0.05) is 11.6 Å². The van der Waals surface area contributed by atoms with Crippen molar-refractivity contribution in [3.05, 3.63) is 29.3 Å². The first kappa shape index (κ1) is 16.2. The van der Waals surface area contributed by atoms with Crippen molar-refractivity contribution < 1.29 is 14.7 Å². The molecule has 1 aliphatic heterocycles. The van der Waals surface area contributed by atoms with E-state index in [1.807, 2.05) is 19.1 Å². The topological polar surface area (TPSA) is 57.6 Å². The largest absolute Gasteiger partial charge is 0.481 e. The summed E-state index contributed by atoms with van der Waals surface area (Å²) in [5.41, 5.74) is 0. The first-order valence-corrected chi connectivity index (χ1v) is 8.17. The lowest BCUT2D eigenvalue weighted by atomic mass is 9.98. The highest BCUT2D eigenvalue weighted by atomic mass is 35.5. The Morgan fingerprint density at radius 3 is 2.67 bits per heavy atom. The van der Waals surface area contributed by atoms with Crippen molar-refractivity contribution in [2.24, 2.45) is 5.92 Å². The third kappa shape index (κ3) is 4.38. The zero-order valence-electron chi connectivity index (χ0n) is 11.8. The van der Waals surface area contributed by atoms with E-state index in [0.717, 1.165) is 11.3 Å². The summed E-state index contributed by atoms with van der Waals surface area (Å²) in [5, 5.41) is 9.51. The van der Waals surface area contributed by atoms with E-state index in [0.29, 0.717) is 24.5 Å². The van der Waals surface area contributed by atoms with E-state index in [1.54, 1.807) is 17.0 Å². The number of carboxylic acid groups (broad SMARTS) is 1. The molecule has 1 aromatic rings. The van der Waals surface area contributed by atoms with E-state index in [1.165, 1.54) is 11.8 Å².